The highest BCUT2D eigenvalue weighted by atomic mass is 16.4. The fourth-order valence-electron chi connectivity index (χ4n) is 2.25. The van der Waals surface area contributed by atoms with Gasteiger partial charge in [0.1, 0.15) is 6.04 Å². The van der Waals surface area contributed by atoms with Gasteiger partial charge < -0.3 is 15.7 Å². The maximum atomic E-state index is 12.1. The van der Waals surface area contributed by atoms with Crippen molar-refractivity contribution in [3.05, 3.63) is 47.5 Å². The second-order valence-corrected chi connectivity index (χ2v) is 4.80. The molecule has 106 valence electrons. The van der Waals surface area contributed by atoms with Crippen LogP contribution in [-0.2, 0) is 17.8 Å². The molecule has 0 fully saturated rings. The lowest BCUT2D eigenvalue weighted by Gasteiger charge is -2.18. The van der Waals surface area contributed by atoms with Crippen molar-refractivity contribution < 1.29 is 14.7 Å². The number of carboxylic acid groups (broad SMARTS) is 1. The van der Waals surface area contributed by atoms with Gasteiger partial charge in [-0.2, -0.15) is 0 Å². The second-order valence-electron chi connectivity index (χ2n) is 4.80. The van der Waals surface area contributed by atoms with E-state index in [0.29, 0.717) is 5.56 Å². The van der Waals surface area contributed by atoms with Crippen molar-refractivity contribution >= 4 is 11.9 Å². The smallest absolute Gasteiger partial charge is 0.326 e. The fourth-order valence-corrected chi connectivity index (χ4v) is 2.25. The van der Waals surface area contributed by atoms with Crippen molar-refractivity contribution in [2.75, 3.05) is 6.54 Å². The molecular formula is C15H18N2O3. The number of hydrogen-bond donors (Lipinski definition) is 3. The van der Waals surface area contributed by atoms with Gasteiger partial charge in [0.2, 0.25) is 0 Å². The Morgan fingerprint density at radius 3 is 2.95 bits per heavy atom. The Morgan fingerprint density at radius 1 is 1.45 bits per heavy atom. The van der Waals surface area contributed by atoms with E-state index in [0.717, 1.165) is 25.1 Å². The van der Waals surface area contributed by atoms with Gasteiger partial charge >= 0.3 is 5.97 Å². The molecule has 2 rings (SSSR count). The number of rotatable bonds is 5. The fraction of sp³-hybridized carbons (Fsp3) is 0.333. The van der Waals surface area contributed by atoms with E-state index >= 15 is 0 Å². The first-order valence-electron chi connectivity index (χ1n) is 6.59. The molecule has 1 atom stereocenters. The average molecular weight is 274 g/mol. The van der Waals surface area contributed by atoms with Crippen LogP contribution in [0.4, 0.5) is 0 Å². The third kappa shape index (κ3) is 3.24. The molecule has 1 amide bonds. The molecule has 0 saturated heterocycles. The lowest BCUT2D eigenvalue weighted by Crippen LogP contribution is -2.40. The van der Waals surface area contributed by atoms with Crippen LogP contribution in [0, 0.1) is 0 Å². The van der Waals surface area contributed by atoms with E-state index in [1.54, 1.807) is 6.07 Å². The largest absolute Gasteiger partial charge is 0.480 e. The van der Waals surface area contributed by atoms with Gasteiger partial charge in [0.05, 0.1) is 0 Å². The second kappa shape index (κ2) is 6.34. The van der Waals surface area contributed by atoms with Crippen molar-refractivity contribution in [1.82, 2.24) is 10.6 Å². The van der Waals surface area contributed by atoms with E-state index in [2.05, 4.69) is 17.2 Å². The molecule has 0 saturated carbocycles. The van der Waals surface area contributed by atoms with Crippen LogP contribution in [-0.4, -0.2) is 29.6 Å². The van der Waals surface area contributed by atoms with Crippen molar-refractivity contribution in [3.63, 3.8) is 0 Å². The van der Waals surface area contributed by atoms with E-state index < -0.39 is 12.0 Å². The van der Waals surface area contributed by atoms with Crippen molar-refractivity contribution in [2.24, 2.45) is 0 Å². The highest BCUT2D eigenvalue weighted by molar-refractivity contribution is 5.96. The SMILES string of the molecule is C=CCC(NC(=O)c1ccc2c(c1)CNCC2)C(=O)O. The first-order chi connectivity index (χ1) is 9.61. The van der Waals surface area contributed by atoms with Crippen LogP contribution in [0.1, 0.15) is 27.9 Å². The van der Waals surface area contributed by atoms with Crippen LogP contribution in [0.25, 0.3) is 0 Å². The van der Waals surface area contributed by atoms with Crippen LogP contribution in [0.15, 0.2) is 30.9 Å². The summed E-state index contributed by atoms with van der Waals surface area (Å²) in [6, 6.07) is 4.57. The minimum atomic E-state index is -1.06. The maximum Gasteiger partial charge on any atom is 0.326 e. The molecule has 0 radical (unpaired) electrons. The molecule has 20 heavy (non-hydrogen) atoms. The molecule has 1 aliphatic heterocycles. The number of amides is 1. The summed E-state index contributed by atoms with van der Waals surface area (Å²) >= 11 is 0. The Hall–Kier alpha value is -2.14. The van der Waals surface area contributed by atoms with Crippen molar-refractivity contribution in [3.8, 4) is 0 Å². The maximum absolute atomic E-state index is 12.1. The minimum absolute atomic E-state index is 0.202. The minimum Gasteiger partial charge on any atom is -0.480 e. The van der Waals surface area contributed by atoms with Gasteiger partial charge in [-0.05, 0) is 42.6 Å². The molecule has 0 spiro atoms. The average Bonchev–Trinajstić information content (AvgIpc) is 2.46. The first-order valence-corrected chi connectivity index (χ1v) is 6.59. The van der Waals surface area contributed by atoms with Gasteiger partial charge in [-0.25, -0.2) is 4.79 Å². The third-order valence-electron chi connectivity index (χ3n) is 3.36. The number of carboxylic acids is 1. The molecule has 0 aromatic heterocycles. The lowest BCUT2D eigenvalue weighted by atomic mass is 9.98. The molecular weight excluding hydrogens is 256 g/mol. The van der Waals surface area contributed by atoms with Crippen LogP contribution < -0.4 is 10.6 Å². The lowest BCUT2D eigenvalue weighted by molar-refractivity contribution is -0.139. The molecule has 1 aliphatic rings. The summed E-state index contributed by atoms with van der Waals surface area (Å²) in [5, 5.41) is 14.8. The van der Waals surface area contributed by atoms with Gasteiger partial charge in [-0.15, -0.1) is 6.58 Å². The van der Waals surface area contributed by atoms with Gasteiger partial charge in [0.25, 0.3) is 5.91 Å². The number of aliphatic carboxylic acids is 1. The predicted octanol–water partition coefficient (Wildman–Crippen LogP) is 1.09. The van der Waals surface area contributed by atoms with Crippen molar-refractivity contribution in [2.45, 2.75) is 25.4 Å². The summed E-state index contributed by atoms with van der Waals surface area (Å²) in [7, 11) is 0. The summed E-state index contributed by atoms with van der Waals surface area (Å²) in [4.78, 5) is 23.1. The highest BCUT2D eigenvalue weighted by Gasteiger charge is 2.20. The van der Waals surface area contributed by atoms with E-state index in [9.17, 15) is 9.59 Å². The van der Waals surface area contributed by atoms with E-state index in [1.807, 2.05) is 12.1 Å². The van der Waals surface area contributed by atoms with Gasteiger partial charge in [-0.1, -0.05) is 12.1 Å². The summed E-state index contributed by atoms with van der Waals surface area (Å²) < 4.78 is 0. The zero-order chi connectivity index (χ0) is 14.5. The topological polar surface area (TPSA) is 78.4 Å². The number of carbonyl (C=O) groups is 2. The molecule has 1 heterocycles. The Kier molecular flexibility index (Phi) is 4.53. The van der Waals surface area contributed by atoms with Crippen molar-refractivity contribution in [1.29, 1.82) is 0 Å². The van der Waals surface area contributed by atoms with E-state index in [4.69, 9.17) is 5.11 Å². The molecule has 3 N–H and O–H groups in total. The monoisotopic (exact) mass is 274 g/mol. The number of fused-ring (bicyclic) bond motifs is 1. The number of benzene rings is 1. The Labute approximate surface area is 117 Å². The summed E-state index contributed by atoms with van der Waals surface area (Å²) in [6.07, 6.45) is 2.63. The predicted molar refractivity (Wildman–Crippen MR) is 75.6 cm³/mol. The highest BCUT2D eigenvalue weighted by Crippen LogP contribution is 2.16. The molecule has 0 bridgehead atoms. The quantitative estimate of drug-likeness (QED) is 0.702. The Bertz CT molecular complexity index is 540. The zero-order valence-electron chi connectivity index (χ0n) is 11.2. The van der Waals surface area contributed by atoms with Gasteiger partial charge in [-0.3, -0.25) is 4.79 Å². The third-order valence-corrected chi connectivity index (χ3v) is 3.36. The van der Waals surface area contributed by atoms with Crippen LogP contribution in [0.5, 0.6) is 0 Å². The van der Waals surface area contributed by atoms with E-state index in [-0.39, 0.29) is 12.3 Å². The van der Waals surface area contributed by atoms with Gasteiger partial charge in [0, 0.05) is 12.1 Å². The summed E-state index contributed by atoms with van der Waals surface area (Å²) in [5.74, 6) is -1.43. The number of nitrogens with one attached hydrogen (secondary N) is 2. The standard InChI is InChI=1S/C15H18N2O3/c1-2-3-13(15(19)20)17-14(18)11-5-4-10-6-7-16-9-12(10)8-11/h2,4-5,8,13,16H,1,3,6-7,9H2,(H,17,18)(H,19,20). The normalized spacial score (nSPS) is 15.0. The molecule has 1 aromatic carbocycles. The summed E-state index contributed by atoms with van der Waals surface area (Å²) in [6.45, 7) is 5.18. The zero-order valence-corrected chi connectivity index (χ0v) is 11.2. The van der Waals surface area contributed by atoms with E-state index in [1.165, 1.54) is 11.6 Å². The Morgan fingerprint density at radius 2 is 2.25 bits per heavy atom. The molecule has 0 aliphatic carbocycles. The number of carbonyl (C=O) groups excluding carboxylic acids is 1. The summed E-state index contributed by atoms with van der Waals surface area (Å²) in [5.41, 5.74) is 2.82. The van der Waals surface area contributed by atoms with Gasteiger partial charge in [0.15, 0.2) is 0 Å². The van der Waals surface area contributed by atoms with Crippen LogP contribution in [0.2, 0.25) is 0 Å². The number of hydrogen-bond acceptors (Lipinski definition) is 3. The molecule has 1 unspecified atom stereocenters. The molecule has 5 heteroatoms. The van der Waals surface area contributed by atoms with Crippen LogP contribution >= 0.6 is 0 Å². The Balaban J connectivity index is 2.12. The molecule has 1 aromatic rings. The first kappa shape index (κ1) is 14.3. The molecule has 5 nitrogen and oxygen atoms in total. The van der Waals surface area contributed by atoms with Crippen LogP contribution in [0.3, 0.4) is 0 Å².